The van der Waals surface area contributed by atoms with Crippen molar-refractivity contribution in [1.29, 1.82) is 0 Å². The van der Waals surface area contributed by atoms with E-state index in [0.29, 0.717) is 10.8 Å². The van der Waals surface area contributed by atoms with Crippen molar-refractivity contribution in [1.82, 2.24) is 14.9 Å². The summed E-state index contributed by atoms with van der Waals surface area (Å²) in [7, 11) is 0. The second-order valence-electron chi connectivity index (χ2n) is 5.49. The maximum atomic E-state index is 12.5. The normalized spacial score (nSPS) is 16.7. The smallest absolute Gasteiger partial charge is 0.326 e. The highest BCUT2D eigenvalue weighted by atomic mass is 35.5. The quantitative estimate of drug-likeness (QED) is 0.849. The molecule has 24 heavy (non-hydrogen) atoms. The zero-order chi connectivity index (χ0) is 17.1. The summed E-state index contributed by atoms with van der Waals surface area (Å²) in [5, 5.41) is 10.1. The Bertz CT molecular complexity index is 765. The third kappa shape index (κ3) is 3.57. The summed E-state index contributed by atoms with van der Waals surface area (Å²) in [5.74, 6) is -0.391. The molecule has 3 rings (SSSR count). The number of aliphatic carboxylic acids is 1. The van der Waals surface area contributed by atoms with Crippen LogP contribution >= 0.6 is 23.4 Å². The van der Waals surface area contributed by atoms with E-state index in [1.807, 2.05) is 24.3 Å². The van der Waals surface area contributed by atoms with E-state index < -0.39 is 12.0 Å². The summed E-state index contributed by atoms with van der Waals surface area (Å²) in [6.07, 6.45) is 1.76. The Labute approximate surface area is 148 Å². The van der Waals surface area contributed by atoms with Crippen LogP contribution in [0.3, 0.4) is 0 Å². The third-order valence-corrected chi connectivity index (χ3v) is 5.28. The van der Waals surface area contributed by atoms with Gasteiger partial charge in [-0.25, -0.2) is 9.78 Å². The van der Waals surface area contributed by atoms with Crippen LogP contribution in [0.25, 0.3) is 0 Å². The van der Waals surface area contributed by atoms with E-state index in [0.717, 1.165) is 17.0 Å². The molecule has 126 valence electrons. The minimum atomic E-state index is -1.01. The monoisotopic (exact) mass is 365 g/mol. The molecule has 0 fully saturated rings. The van der Waals surface area contributed by atoms with E-state index in [-0.39, 0.29) is 24.6 Å². The lowest BCUT2D eigenvalue weighted by atomic mass is 10.0. The Morgan fingerprint density at radius 2 is 2.21 bits per heavy atom. The van der Waals surface area contributed by atoms with Gasteiger partial charge in [0.25, 0.3) is 0 Å². The van der Waals surface area contributed by atoms with Crippen LogP contribution in [0.1, 0.15) is 17.0 Å². The van der Waals surface area contributed by atoms with E-state index in [9.17, 15) is 14.7 Å². The number of carbonyl (C=O) groups excluding carboxylic acids is 1. The first-order valence-corrected chi connectivity index (χ1v) is 8.94. The van der Waals surface area contributed by atoms with Gasteiger partial charge < -0.3 is 15.0 Å². The number of fused-ring (bicyclic) bond motifs is 1. The minimum Gasteiger partial charge on any atom is -0.480 e. The summed E-state index contributed by atoms with van der Waals surface area (Å²) >= 11 is 7.52. The first-order chi connectivity index (χ1) is 11.6. The van der Waals surface area contributed by atoms with Crippen molar-refractivity contribution in [3.63, 3.8) is 0 Å². The van der Waals surface area contributed by atoms with Crippen LogP contribution in [-0.4, -0.2) is 43.6 Å². The van der Waals surface area contributed by atoms with Crippen LogP contribution in [0.4, 0.5) is 0 Å². The molecule has 0 aliphatic carbocycles. The number of thioether (sulfide) groups is 1. The molecular formula is C16H16ClN3O3S. The van der Waals surface area contributed by atoms with Gasteiger partial charge in [-0.1, -0.05) is 29.8 Å². The van der Waals surface area contributed by atoms with Crippen molar-refractivity contribution < 1.29 is 14.7 Å². The zero-order valence-electron chi connectivity index (χ0n) is 12.7. The Morgan fingerprint density at radius 3 is 2.96 bits per heavy atom. The molecule has 1 aliphatic heterocycles. The number of imidazole rings is 1. The number of H-pyrrole nitrogens is 1. The van der Waals surface area contributed by atoms with E-state index in [2.05, 4.69) is 9.97 Å². The number of hydrogen-bond donors (Lipinski definition) is 2. The van der Waals surface area contributed by atoms with Gasteiger partial charge in [-0.2, -0.15) is 0 Å². The lowest BCUT2D eigenvalue weighted by molar-refractivity contribution is -0.150. The number of carboxylic acid groups (broad SMARTS) is 1. The topological polar surface area (TPSA) is 86.3 Å². The van der Waals surface area contributed by atoms with Crippen molar-refractivity contribution in [2.45, 2.75) is 24.8 Å². The van der Waals surface area contributed by atoms with E-state index in [4.69, 9.17) is 11.6 Å². The van der Waals surface area contributed by atoms with Gasteiger partial charge in [-0.3, -0.25) is 4.79 Å². The lowest BCUT2D eigenvalue weighted by Crippen LogP contribution is -2.49. The maximum absolute atomic E-state index is 12.5. The first-order valence-electron chi connectivity index (χ1n) is 7.41. The summed E-state index contributed by atoms with van der Waals surface area (Å²) in [4.78, 5) is 32.5. The van der Waals surface area contributed by atoms with Gasteiger partial charge in [0.15, 0.2) is 0 Å². The van der Waals surface area contributed by atoms with Crippen LogP contribution in [0.15, 0.2) is 30.6 Å². The second kappa shape index (κ2) is 7.27. The highest BCUT2D eigenvalue weighted by molar-refractivity contribution is 7.99. The van der Waals surface area contributed by atoms with Crippen molar-refractivity contribution in [3.8, 4) is 0 Å². The van der Waals surface area contributed by atoms with Gasteiger partial charge in [0.1, 0.15) is 6.04 Å². The fourth-order valence-electron chi connectivity index (χ4n) is 2.67. The Kier molecular flexibility index (Phi) is 5.11. The Balaban J connectivity index is 1.63. The largest absolute Gasteiger partial charge is 0.480 e. The van der Waals surface area contributed by atoms with Crippen molar-refractivity contribution in [2.75, 3.05) is 5.75 Å². The molecule has 6 nitrogen and oxygen atoms in total. The number of nitrogens with one attached hydrogen (secondary N) is 1. The number of benzene rings is 1. The molecule has 0 spiro atoms. The fraction of sp³-hybridized carbons (Fsp3) is 0.312. The molecule has 0 saturated carbocycles. The van der Waals surface area contributed by atoms with Gasteiger partial charge in [-0.05, 0) is 11.6 Å². The first kappa shape index (κ1) is 16.9. The number of amides is 1. The summed E-state index contributed by atoms with van der Waals surface area (Å²) < 4.78 is 0. The number of aromatic amines is 1. The summed E-state index contributed by atoms with van der Waals surface area (Å²) in [6.45, 7) is 0.248. The number of carbonyl (C=O) groups is 2. The van der Waals surface area contributed by atoms with Crippen molar-refractivity contribution in [2.24, 2.45) is 0 Å². The number of carboxylic acids is 1. The number of hydrogen-bond acceptors (Lipinski definition) is 4. The molecule has 1 aromatic carbocycles. The molecule has 1 amide bonds. The minimum absolute atomic E-state index is 0.195. The Morgan fingerprint density at radius 1 is 1.42 bits per heavy atom. The van der Waals surface area contributed by atoms with Gasteiger partial charge in [-0.15, -0.1) is 11.8 Å². The summed E-state index contributed by atoms with van der Waals surface area (Å²) in [5.41, 5.74) is 2.48. The van der Waals surface area contributed by atoms with Crippen LogP contribution in [0.5, 0.6) is 0 Å². The van der Waals surface area contributed by atoms with Crippen LogP contribution < -0.4 is 0 Å². The van der Waals surface area contributed by atoms with E-state index in [1.54, 1.807) is 0 Å². The van der Waals surface area contributed by atoms with Crippen molar-refractivity contribution in [3.05, 3.63) is 52.6 Å². The lowest BCUT2D eigenvalue weighted by Gasteiger charge is -2.32. The fourth-order valence-corrected chi connectivity index (χ4v) is 3.86. The maximum Gasteiger partial charge on any atom is 0.326 e. The van der Waals surface area contributed by atoms with E-state index >= 15 is 0 Å². The molecule has 1 aromatic heterocycles. The molecule has 0 radical (unpaired) electrons. The Hall–Kier alpha value is -1.99. The summed E-state index contributed by atoms with van der Waals surface area (Å²) in [6, 6.07) is 6.61. The van der Waals surface area contributed by atoms with Gasteiger partial charge in [0.2, 0.25) is 5.91 Å². The predicted octanol–water partition coefficient (Wildman–Crippen LogP) is 2.33. The molecule has 2 heterocycles. The molecule has 1 atom stereocenters. The molecule has 8 heteroatoms. The highest BCUT2D eigenvalue weighted by Crippen LogP contribution is 2.24. The van der Waals surface area contributed by atoms with Crippen molar-refractivity contribution >= 4 is 35.2 Å². The van der Waals surface area contributed by atoms with Crippen LogP contribution in [-0.2, 0) is 28.3 Å². The SMILES string of the molecule is O=C(O)C1Cc2nc[nH]c2CN1C(=O)CSCc1ccccc1Cl. The van der Waals surface area contributed by atoms with Gasteiger partial charge >= 0.3 is 5.97 Å². The average Bonchev–Trinajstić information content (AvgIpc) is 3.02. The zero-order valence-corrected chi connectivity index (χ0v) is 14.3. The molecule has 2 aromatic rings. The van der Waals surface area contributed by atoms with Crippen LogP contribution in [0, 0.1) is 0 Å². The molecule has 0 bridgehead atoms. The van der Waals surface area contributed by atoms with Gasteiger partial charge in [0.05, 0.1) is 30.0 Å². The molecule has 0 saturated heterocycles. The third-order valence-electron chi connectivity index (χ3n) is 3.95. The molecule has 1 aliphatic rings. The molecule has 1 unspecified atom stereocenters. The molecule has 2 N–H and O–H groups in total. The second-order valence-corrected chi connectivity index (χ2v) is 6.88. The van der Waals surface area contributed by atoms with E-state index in [1.165, 1.54) is 23.0 Å². The highest BCUT2D eigenvalue weighted by Gasteiger charge is 2.35. The number of rotatable bonds is 5. The predicted molar refractivity (Wildman–Crippen MR) is 91.9 cm³/mol. The number of halogens is 1. The number of aromatic nitrogens is 2. The number of nitrogens with zero attached hydrogens (tertiary/aromatic N) is 2. The van der Waals surface area contributed by atoms with Crippen LogP contribution in [0.2, 0.25) is 5.02 Å². The standard InChI is InChI=1S/C16H16ClN3O3S/c17-11-4-2-1-3-10(11)7-24-8-15(21)20-6-13-12(18-9-19-13)5-14(20)16(22)23/h1-4,9,14H,5-8H2,(H,18,19)(H,22,23). The molecular weight excluding hydrogens is 350 g/mol. The van der Waals surface area contributed by atoms with Gasteiger partial charge in [0, 0.05) is 17.2 Å². The average molecular weight is 366 g/mol.